The lowest BCUT2D eigenvalue weighted by Gasteiger charge is -2.13. The normalized spacial score (nSPS) is 11.5. The van der Waals surface area contributed by atoms with Gasteiger partial charge in [-0.15, -0.1) is 0 Å². The van der Waals surface area contributed by atoms with Crippen LogP contribution in [0.1, 0.15) is 11.1 Å². The first-order valence-electron chi connectivity index (χ1n) is 19.2. The predicted octanol–water partition coefficient (Wildman–Crippen LogP) is 10.5. The summed E-state index contributed by atoms with van der Waals surface area (Å²) < 4.78 is 83.5. The van der Waals surface area contributed by atoms with Crippen LogP contribution in [0.25, 0.3) is 12.2 Å². The van der Waals surface area contributed by atoms with Crippen LogP contribution >= 0.6 is 0 Å². The van der Waals surface area contributed by atoms with Crippen molar-refractivity contribution < 1.29 is 35.4 Å². The molecule has 2 aromatic heterocycles. The summed E-state index contributed by atoms with van der Waals surface area (Å²) in [6, 6.07) is 47.8. The Kier molecular flexibility index (Phi) is 12.5. The lowest BCUT2D eigenvalue weighted by atomic mass is 10.1. The largest absolute Gasteiger partial charge is 0.424 e. The summed E-state index contributed by atoms with van der Waals surface area (Å²) in [5.41, 5.74) is 1.93. The number of aromatic nitrogens is 4. The van der Waals surface area contributed by atoms with E-state index in [4.69, 9.17) is 9.47 Å². The monoisotopic (exact) mass is 892 g/mol. The molecule has 0 saturated carbocycles. The maximum absolute atomic E-state index is 12.8. The van der Waals surface area contributed by atoms with Crippen molar-refractivity contribution in [2.24, 2.45) is 0 Å². The summed E-state index contributed by atoms with van der Waals surface area (Å²) >= 11 is 0. The van der Waals surface area contributed by atoms with Gasteiger partial charge in [0.25, 0.3) is 20.2 Å². The third kappa shape index (κ3) is 11.4. The lowest BCUT2D eigenvalue weighted by Crippen LogP contribution is -2.05. The van der Waals surface area contributed by atoms with Crippen molar-refractivity contribution in [1.29, 1.82) is 0 Å². The molecule has 0 aliphatic carbocycles. The van der Waals surface area contributed by atoms with Crippen molar-refractivity contribution in [2.75, 3.05) is 21.3 Å². The quantitative estimate of drug-likeness (QED) is 0.0392. The molecule has 18 heteroatoms. The van der Waals surface area contributed by atoms with E-state index in [-0.39, 0.29) is 46.2 Å². The van der Waals surface area contributed by atoms with Crippen LogP contribution in [0.4, 0.5) is 46.0 Å². The molecule has 6 N–H and O–H groups in total. The number of nitrogens with one attached hydrogen (secondary N) is 4. The average Bonchev–Trinajstić information content (AvgIpc) is 3.27. The molecule has 6 aromatic carbocycles. The van der Waals surface area contributed by atoms with E-state index < -0.39 is 30.0 Å². The number of benzene rings is 6. The summed E-state index contributed by atoms with van der Waals surface area (Å²) in [6.07, 6.45) is 2.59. The summed E-state index contributed by atoms with van der Waals surface area (Å²) in [5, 5.41) is 12.5. The lowest BCUT2D eigenvalue weighted by molar-refractivity contribution is 0.443. The van der Waals surface area contributed by atoms with Crippen LogP contribution < -0.4 is 30.7 Å². The Hall–Kier alpha value is -8.16. The van der Waals surface area contributed by atoms with Crippen molar-refractivity contribution in [2.45, 2.75) is 9.79 Å². The van der Waals surface area contributed by atoms with Gasteiger partial charge in [-0.1, -0.05) is 97.1 Å². The maximum atomic E-state index is 12.8. The first kappa shape index (κ1) is 42.5. The van der Waals surface area contributed by atoms with Crippen LogP contribution in [0.15, 0.2) is 180 Å². The molecule has 8 rings (SSSR count). The molecule has 0 aliphatic rings. The van der Waals surface area contributed by atoms with Gasteiger partial charge in [0.2, 0.25) is 0 Å². The number of nitrogens with zero attached hydrogens (tertiary/aromatic N) is 4. The van der Waals surface area contributed by atoms with Gasteiger partial charge in [0.05, 0.1) is 0 Å². The van der Waals surface area contributed by atoms with E-state index in [0.29, 0.717) is 23.1 Å². The van der Waals surface area contributed by atoms with Crippen molar-refractivity contribution >= 4 is 78.4 Å². The number of para-hydroxylation sites is 4. The summed E-state index contributed by atoms with van der Waals surface area (Å²) in [7, 11) is -9.69. The third-order valence-electron chi connectivity index (χ3n) is 8.98. The van der Waals surface area contributed by atoms with Crippen molar-refractivity contribution in [1.82, 2.24) is 19.9 Å². The Morgan fingerprint density at radius 3 is 1.03 bits per heavy atom. The summed E-state index contributed by atoms with van der Waals surface area (Å²) in [5.74, 6) is 2.14. The Balaban J connectivity index is 1.07. The number of hydrogen-bond acceptors (Lipinski definition) is 14. The Morgan fingerprint density at radius 1 is 0.391 bits per heavy atom. The molecule has 0 spiro atoms. The van der Waals surface area contributed by atoms with Crippen LogP contribution in [0.5, 0.6) is 23.5 Å². The molecule has 0 bridgehead atoms. The highest BCUT2D eigenvalue weighted by atomic mass is 32.2. The van der Waals surface area contributed by atoms with Gasteiger partial charge in [-0.3, -0.25) is 9.11 Å². The minimum atomic E-state index is -4.84. The second-order valence-electron chi connectivity index (χ2n) is 13.7. The minimum absolute atomic E-state index is 0.00383. The van der Waals surface area contributed by atoms with Gasteiger partial charge in [0.15, 0.2) is 0 Å². The molecule has 0 atom stereocenters. The molecule has 2 heterocycles. The average molecular weight is 893 g/mol. The first-order valence-corrected chi connectivity index (χ1v) is 22.1. The maximum Gasteiger partial charge on any atom is 0.325 e. The summed E-state index contributed by atoms with van der Waals surface area (Å²) in [6.45, 7) is 0. The van der Waals surface area contributed by atoms with E-state index in [0.717, 1.165) is 11.4 Å². The third-order valence-corrected chi connectivity index (χ3v) is 10.8. The molecule has 16 nitrogen and oxygen atoms in total. The van der Waals surface area contributed by atoms with Crippen molar-refractivity contribution in [3.05, 3.63) is 181 Å². The van der Waals surface area contributed by atoms with Gasteiger partial charge < -0.3 is 30.7 Å². The second-order valence-corrected chi connectivity index (χ2v) is 16.5. The number of hydrogen-bond donors (Lipinski definition) is 6. The first-order chi connectivity index (χ1) is 30.9. The zero-order valence-electron chi connectivity index (χ0n) is 33.3. The Bertz CT molecular complexity index is 2840. The molecule has 0 radical (unpaired) electrons. The van der Waals surface area contributed by atoms with Gasteiger partial charge >= 0.3 is 12.0 Å². The van der Waals surface area contributed by atoms with Gasteiger partial charge in [-0.2, -0.15) is 36.8 Å². The molecule has 320 valence electrons. The Labute approximate surface area is 367 Å². The smallest absolute Gasteiger partial charge is 0.325 e. The molecular weight excluding hydrogens is 857 g/mol. The van der Waals surface area contributed by atoms with E-state index in [1.54, 1.807) is 60.7 Å². The zero-order chi connectivity index (χ0) is 44.5. The van der Waals surface area contributed by atoms with E-state index in [2.05, 4.69) is 41.2 Å². The van der Waals surface area contributed by atoms with E-state index in [1.807, 2.05) is 72.8 Å². The summed E-state index contributed by atoms with van der Waals surface area (Å²) in [4.78, 5) is 16.8. The highest BCUT2D eigenvalue weighted by Crippen LogP contribution is 2.31. The number of rotatable bonds is 16. The van der Waals surface area contributed by atoms with Crippen LogP contribution in [0, 0.1) is 0 Å². The van der Waals surface area contributed by atoms with Gasteiger partial charge in [0.1, 0.15) is 44.6 Å². The minimum Gasteiger partial charge on any atom is -0.424 e. The van der Waals surface area contributed by atoms with Crippen LogP contribution in [-0.2, 0) is 20.2 Å². The number of anilines is 8. The fraction of sp³-hybridized carbons (Fsp3) is 0. The van der Waals surface area contributed by atoms with Crippen molar-refractivity contribution in [3.63, 3.8) is 0 Å². The van der Waals surface area contributed by atoms with Crippen LogP contribution in [0.3, 0.4) is 0 Å². The predicted molar refractivity (Wildman–Crippen MR) is 245 cm³/mol. The van der Waals surface area contributed by atoms with E-state index in [1.165, 1.54) is 48.6 Å². The second kappa shape index (κ2) is 18.8. The SMILES string of the molecule is O=S(=O)(O)c1cc(Nc2cc(Nc3ccccc3)nc(Oc3ccccc3)n2)ccc1C=Cc1ccc(Nc2cc(Nc3ccccc3)nc(Oc3ccccc3)n2)cc1S(=O)(=O)O. The van der Waals surface area contributed by atoms with Crippen LogP contribution in [-0.4, -0.2) is 45.9 Å². The van der Waals surface area contributed by atoms with Crippen molar-refractivity contribution in [3.8, 4) is 23.5 Å². The molecule has 8 aromatic rings. The van der Waals surface area contributed by atoms with Gasteiger partial charge in [0, 0.05) is 34.9 Å². The van der Waals surface area contributed by atoms with Gasteiger partial charge in [-0.25, -0.2) is 0 Å². The molecule has 0 unspecified atom stereocenters. The van der Waals surface area contributed by atoms with Crippen LogP contribution in [0.2, 0.25) is 0 Å². The standard InChI is InChI=1S/C46H36N8O8S2/c55-63(56,57)39-27-35(49-43-29-41(47-33-13-5-1-6-14-33)51-45(53-43)61-37-17-9-3-10-18-37)25-23-31(39)21-22-32-24-26-36(28-40(32)64(58,59)60)50-44-30-42(48-34-15-7-2-8-16-34)52-46(54-44)62-38-19-11-4-12-20-38/h1-30H,(H,55,56,57)(H,58,59,60)(H2,47,49,51,53)(H2,48,50,52,54). The molecule has 64 heavy (non-hydrogen) atoms. The van der Waals surface area contributed by atoms with E-state index in [9.17, 15) is 25.9 Å². The molecule has 0 fully saturated rings. The molecule has 0 amide bonds. The molecular formula is C46H36N8O8S2. The van der Waals surface area contributed by atoms with E-state index >= 15 is 0 Å². The highest BCUT2D eigenvalue weighted by Gasteiger charge is 2.19. The fourth-order valence-corrected chi connectivity index (χ4v) is 7.57. The fourth-order valence-electron chi connectivity index (χ4n) is 6.15. The zero-order valence-corrected chi connectivity index (χ0v) is 34.9. The van der Waals surface area contributed by atoms with Gasteiger partial charge in [-0.05, 0) is 83.9 Å². The molecule has 0 aliphatic heterocycles. The Morgan fingerprint density at radius 2 is 0.703 bits per heavy atom. The highest BCUT2D eigenvalue weighted by molar-refractivity contribution is 7.86. The molecule has 0 saturated heterocycles. The number of ether oxygens (including phenoxy) is 2. The topological polar surface area (TPSA) is 227 Å².